The minimum Gasteiger partial charge on any atom is -0.329 e. The van der Waals surface area contributed by atoms with Gasteiger partial charge in [0.2, 0.25) is 0 Å². The predicted octanol–water partition coefficient (Wildman–Crippen LogP) is 1.31. The third-order valence-electron chi connectivity index (χ3n) is 3.21. The Labute approximate surface area is 76.1 Å². The quantitative estimate of drug-likeness (QED) is 0.692. The van der Waals surface area contributed by atoms with E-state index in [0.717, 1.165) is 18.4 Å². The fourth-order valence-electron chi connectivity index (χ4n) is 1.56. The molecule has 1 aliphatic rings. The van der Waals surface area contributed by atoms with E-state index < -0.39 is 0 Å². The Balaban J connectivity index is 2.34. The number of hydrogen-bond donors (Lipinski definition) is 1. The van der Waals surface area contributed by atoms with Crippen LogP contribution < -0.4 is 5.73 Å². The van der Waals surface area contributed by atoms with Crippen LogP contribution in [0.15, 0.2) is 0 Å². The maximum atomic E-state index is 5.70. The average Bonchev–Trinajstić information content (AvgIpc) is 1.82. The molecule has 2 nitrogen and oxygen atoms in total. The summed E-state index contributed by atoms with van der Waals surface area (Å²) in [4.78, 5) is 2.48. The molecule has 1 rings (SSSR count). The number of nitrogens with two attached hydrogens (primary N) is 1. The zero-order chi connectivity index (χ0) is 9.35. The van der Waals surface area contributed by atoms with Crippen molar-refractivity contribution < 1.29 is 0 Å². The van der Waals surface area contributed by atoms with Crippen LogP contribution in [0.2, 0.25) is 0 Å². The molecule has 0 aromatic rings. The highest BCUT2D eigenvalue weighted by Crippen LogP contribution is 2.29. The van der Waals surface area contributed by atoms with Gasteiger partial charge in [0, 0.05) is 25.2 Å². The van der Waals surface area contributed by atoms with E-state index in [9.17, 15) is 0 Å². The van der Waals surface area contributed by atoms with Crippen molar-refractivity contribution in [1.82, 2.24) is 4.90 Å². The van der Waals surface area contributed by atoms with Gasteiger partial charge in [-0.15, -0.1) is 0 Å². The van der Waals surface area contributed by atoms with Crippen molar-refractivity contribution in [3.05, 3.63) is 0 Å². The number of rotatable bonds is 3. The Morgan fingerprint density at radius 2 is 1.92 bits per heavy atom. The molecule has 1 aliphatic heterocycles. The summed E-state index contributed by atoms with van der Waals surface area (Å²) < 4.78 is 0. The molecule has 0 atom stereocenters. The monoisotopic (exact) mass is 170 g/mol. The zero-order valence-corrected chi connectivity index (χ0v) is 8.80. The van der Waals surface area contributed by atoms with Crippen LogP contribution in [0.25, 0.3) is 0 Å². The Hall–Kier alpha value is -0.0800. The molecule has 0 aromatic carbocycles. The molecule has 1 heterocycles. The molecule has 12 heavy (non-hydrogen) atoms. The molecule has 0 bridgehead atoms. The van der Waals surface area contributed by atoms with E-state index in [1.165, 1.54) is 13.1 Å². The highest BCUT2D eigenvalue weighted by Gasteiger charge is 2.37. The molecule has 0 radical (unpaired) electrons. The van der Waals surface area contributed by atoms with E-state index in [2.05, 4.69) is 32.6 Å². The lowest BCUT2D eigenvalue weighted by atomic mass is 9.84. The molecule has 72 valence electrons. The maximum absolute atomic E-state index is 5.70. The van der Waals surface area contributed by atoms with Gasteiger partial charge in [-0.2, -0.15) is 0 Å². The van der Waals surface area contributed by atoms with Gasteiger partial charge in [0.25, 0.3) is 0 Å². The zero-order valence-electron chi connectivity index (χ0n) is 8.80. The fraction of sp³-hybridized carbons (Fsp3) is 1.00. The van der Waals surface area contributed by atoms with Gasteiger partial charge in [-0.05, 0) is 25.7 Å². The Morgan fingerprint density at radius 3 is 2.25 bits per heavy atom. The summed E-state index contributed by atoms with van der Waals surface area (Å²) in [5.74, 6) is 1.73. The summed E-state index contributed by atoms with van der Waals surface area (Å²) in [5.41, 5.74) is 5.91. The van der Waals surface area contributed by atoms with Crippen LogP contribution in [0.1, 0.15) is 27.7 Å². The molecular formula is C10H22N2. The second kappa shape index (κ2) is 3.35. The van der Waals surface area contributed by atoms with Crippen molar-refractivity contribution >= 4 is 0 Å². The van der Waals surface area contributed by atoms with Crippen LogP contribution in [0.4, 0.5) is 0 Å². The minimum atomic E-state index is 0.214. The first-order valence-corrected chi connectivity index (χ1v) is 4.92. The SMILES string of the molecule is CC(C)C1CN(C(C)(C)CN)C1. The first-order chi connectivity index (χ1) is 5.47. The van der Waals surface area contributed by atoms with Crippen LogP contribution in [0, 0.1) is 11.8 Å². The molecule has 0 amide bonds. The molecule has 2 N–H and O–H groups in total. The van der Waals surface area contributed by atoms with Gasteiger partial charge in [-0.3, -0.25) is 4.90 Å². The molecule has 0 saturated carbocycles. The summed E-state index contributed by atoms with van der Waals surface area (Å²) >= 11 is 0. The summed E-state index contributed by atoms with van der Waals surface area (Å²) in [6.45, 7) is 12.3. The Bertz CT molecular complexity index is 146. The van der Waals surface area contributed by atoms with Gasteiger partial charge >= 0.3 is 0 Å². The van der Waals surface area contributed by atoms with Gasteiger partial charge in [0.15, 0.2) is 0 Å². The molecule has 0 aromatic heterocycles. The van der Waals surface area contributed by atoms with Gasteiger partial charge in [-0.25, -0.2) is 0 Å². The molecule has 0 unspecified atom stereocenters. The average molecular weight is 170 g/mol. The Morgan fingerprint density at radius 1 is 1.42 bits per heavy atom. The molecule has 0 spiro atoms. The Kier molecular flexibility index (Phi) is 2.79. The van der Waals surface area contributed by atoms with Crippen LogP contribution in [-0.4, -0.2) is 30.1 Å². The largest absolute Gasteiger partial charge is 0.329 e. The summed E-state index contributed by atoms with van der Waals surface area (Å²) in [6, 6.07) is 0. The van der Waals surface area contributed by atoms with Crippen molar-refractivity contribution in [2.24, 2.45) is 17.6 Å². The van der Waals surface area contributed by atoms with Gasteiger partial charge in [-0.1, -0.05) is 13.8 Å². The summed E-state index contributed by atoms with van der Waals surface area (Å²) in [7, 11) is 0. The lowest BCUT2D eigenvalue weighted by Gasteiger charge is -2.50. The lowest BCUT2D eigenvalue weighted by molar-refractivity contribution is -0.0106. The first kappa shape index (κ1) is 10.0. The summed E-state index contributed by atoms with van der Waals surface area (Å²) in [5, 5.41) is 0. The number of likely N-dealkylation sites (tertiary alicyclic amines) is 1. The van der Waals surface area contributed by atoms with E-state index >= 15 is 0 Å². The van der Waals surface area contributed by atoms with E-state index in [1.54, 1.807) is 0 Å². The number of nitrogens with zero attached hydrogens (tertiary/aromatic N) is 1. The van der Waals surface area contributed by atoms with Crippen molar-refractivity contribution in [2.75, 3.05) is 19.6 Å². The lowest BCUT2D eigenvalue weighted by Crippen LogP contribution is -2.61. The topological polar surface area (TPSA) is 29.3 Å². The van der Waals surface area contributed by atoms with Crippen molar-refractivity contribution in [1.29, 1.82) is 0 Å². The maximum Gasteiger partial charge on any atom is 0.0275 e. The van der Waals surface area contributed by atoms with Gasteiger partial charge in [0.05, 0.1) is 0 Å². The summed E-state index contributed by atoms with van der Waals surface area (Å²) in [6.07, 6.45) is 0. The van der Waals surface area contributed by atoms with E-state index in [1.807, 2.05) is 0 Å². The van der Waals surface area contributed by atoms with Crippen LogP contribution in [0.5, 0.6) is 0 Å². The van der Waals surface area contributed by atoms with Crippen LogP contribution >= 0.6 is 0 Å². The molecule has 0 aliphatic carbocycles. The predicted molar refractivity (Wildman–Crippen MR) is 53.0 cm³/mol. The van der Waals surface area contributed by atoms with Crippen LogP contribution in [0.3, 0.4) is 0 Å². The highest BCUT2D eigenvalue weighted by molar-refractivity contribution is 4.92. The van der Waals surface area contributed by atoms with Crippen molar-refractivity contribution in [3.8, 4) is 0 Å². The first-order valence-electron chi connectivity index (χ1n) is 4.92. The van der Waals surface area contributed by atoms with Crippen molar-refractivity contribution in [2.45, 2.75) is 33.2 Å². The van der Waals surface area contributed by atoms with Gasteiger partial charge < -0.3 is 5.73 Å². The van der Waals surface area contributed by atoms with E-state index in [0.29, 0.717) is 0 Å². The van der Waals surface area contributed by atoms with Gasteiger partial charge in [0.1, 0.15) is 0 Å². The molecule has 1 fully saturated rings. The fourth-order valence-corrected chi connectivity index (χ4v) is 1.56. The second-order valence-corrected chi connectivity index (χ2v) is 4.93. The van der Waals surface area contributed by atoms with E-state index in [4.69, 9.17) is 5.73 Å². The minimum absolute atomic E-state index is 0.214. The van der Waals surface area contributed by atoms with E-state index in [-0.39, 0.29) is 5.54 Å². The number of hydrogen-bond acceptors (Lipinski definition) is 2. The second-order valence-electron chi connectivity index (χ2n) is 4.93. The molecule has 2 heteroatoms. The van der Waals surface area contributed by atoms with Crippen LogP contribution in [-0.2, 0) is 0 Å². The molecule has 1 saturated heterocycles. The third-order valence-corrected chi connectivity index (χ3v) is 3.21. The standard InChI is InChI=1S/C10H22N2/c1-8(2)9-5-12(6-9)10(3,4)7-11/h8-9H,5-7,11H2,1-4H3. The molecular weight excluding hydrogens is 148 g/mol. The van der Waals surface area contributed by atoms with Crippen molar-refractivity contribution in [3.63, 3.8) is 0 Å². The third kappa shape index (κ3) is 1.80. The normalized spacial score (nSPS) is 21.5. The highest BCUT2D eigenvalue weighted by atomic mass is 15.3. The smallest absolute Gasteiger partial charge is 0.0275 e.